The number of thiophene rings is 1. The van der Waals surface area contributed by atoms with Gasteiger partial charge in [-0.15, -0.1) is 11.3 Å². The summed E-state index contributed by atoms with van der Waals surface area (Å²) >= 11 is 1.25. The fraction of sp³-hybridized carbons (Fsp3) is 0.133. The van der Waals surface area contributed by atoms with Crippen molar-refractivity contribution < 1.29 is 13.9 Å². The number of ether oxygens (including phenoxy) is 1. The molecule has 0 aliphatic heterocycles. The third kappa shape index (κ3) is 3.60. The molecule has 2 aromatic rings. The van der Waals surface area contributed by atoms with Crippen molar-refractivity contribution in [3.05, 3.63) is 45.9 Å². The van der Waals surface area contributed by atoms with Gasteiger partial charge in [0.25, 0.3) is 5.91 Å². The predicted octanol–water partition coefficient (Wildman–Crippen LogP) is 2.46. The van der Waals surface area contributed by atoms with E-state index in [2.05, 4.69) is 17.2 Å². The SMILES string of the molecule is COc1ccsc1C(=O)Nc1ccc(C#CCN)c(F)c1. The molecular weight excluding hydrogens is 291 g/mol. The van der Waals surface area contributed by atoms with Crippen molar-refractivity contribution in [2.75, 3.05) is 19.0 Å². The average Bonchev–Trinajstić information content (AvgIpc) is 2.95. The molecular formula is C15H13FN2O2S. The van der Waals surface area contributed by atoms with Gasteiger partial charge in [-0.1, -0.05) is 11.8 Å². The quantitative estimate of drug-likeness (QED) is 0.856. The molecule has 4 nitrogen and oxygen atoms in total. The molecule has 1 heterocycles. The molecule has 0 aliphatic rings. The second kappa shape index (κ2) is 6.88. The summed E-state index contributed by atoms with van der Waals surface area (Å²) in [6.07, 6.45) is 0. The number of carbonyl (C=O) groups is 1. The van der Waals surface area contributed by atoms with Crippen LogP contribution in [0, 0.1) is 17.7 Å². The van der Waals surface area contributed by atoms with Crippen LogP contribution in [-0.4, -0.2) is 19.6 Å². The lowest BCUT2D eigenvalue weighted by atomic mass is 10.2. The summed E-state index contributed by atoms with van der Waals surface area (Å²) in [7, 11) is 1.49. The summed E-state index contributed by atoms with van der Waals surface area (Å²) < 4.78 is 18.9. The summed E-state index contributed by atoms with van der Waals surface area (Å²) in [5.74, 6) is 4.83. The lowest BCUT2D eigenvalue weighted by molar-refractivity contribution is 0.102. The fourth-order valence-corrected chi connectivity index (χ4v) is 2.41. The van der Waals surface area contributed by atoms with E-state index in [0.717, 1.165) is 0 Å². The van der Waals surface area contributed by atoms with E-state index in [-0.39, 0.29) is 18.0 Å². The molecule has 108 valence electrons. The Morgan fingerprint density at radius 1 is 1.48 bits per heavy atom. The first-order chi connectivity index (χ1) is 10.2. The number of rotatable bonds is 3. The number of halogens is 1. The van der Waals surface area contributed by atoms with Gasteiger partial charge in [-0.3, -0.25) is 4.79 Å². The molecule has 0 bridgehead atoms. The zero-order valence-electron chi connectivity index (χ0n) is 11.3. The highest BCUT2D eigenvalue weighted by atomic mass is 32.1. The summed E-state index contributed by atoms with van der Waals surface area (Å²) in [4.78, 5) is 12.5. The van der Waals surface area contributed by atoms with Crippen LogP contribution in [0.1, 0.15) is 15.2 Å². The van der Waals surface area contributed by atoms with E-state index in [1.807, 2.05) is 0 Å². The molecule has 2 rings (SSSR count). The number of anilines is 1. The molecule has 0 spiro atoms. The molecule has 21 heavy (non-hydrogen) atoms. The molecule has 6 heteroatoms. The average molecular weight is 304 g/mol. The predicted molar refractivity (Wildman–Crippen MR) is 81.2 cm³/mol. The zero-order chi connectivity index (χ0) is 15.2. The van der Waals surface area contributed by atoms with Crippen LogP contribution in [0.15, 0.2) is 29.6 Å². The van der Waals surface area contributed by atoms with Gasteiger partial charge in [-0.2, -0.15) is 0 Å². The number of hydrogen-bond acceptors (Lipinski definition) is 4. The van der Waals surface area contributed by atoms with Crippen LogP contribution >= 0.6 is 11.3 Å². The normalized spacial score (nSPS) is 9.67. The second-order valence-corrected chi connectivity index (χ2v) is 4.89. The summed E-state index contributed by atoms with van der Waals surface area (Å²) in [6, 6.07) is 6.00. The Bertz CT molecular complexity index is 716. The Morgan fingerprint density at radius 3 is 2.95 bits per heavy atom. The number of carbonyl (C=O) groups excluding carboxylic acids is 1. The van der Waals surface area contributed by atoms with Crippen molar-refractivity contribution in [2.24, 2.45) is 5.73 Å². The van der Waals surface area contributed by atoms with E-state index < -0.39 is 5.82 Å². The van der Waals surface area contributed by atoms with Crippen LogP contribution in [0.3, 0.4) is 0 Å². The molecule has 0 fully saturated rings. The van der Waals surface area contributed by atoms with Gasteiger partial charge in [0.1, 0.15) is 16.4 Å². The summed E-state index contributed by atoms with van der Waals surface area (Å²) in [5.41, 5.74) is 5.84. The first-order valence-electron chi connectivity index (χ1n) is 6.07. The van der Waals surface area contributed by atoms with Gasteiger partial charge < -0.3 is 15.8 Å². The summed E-state index contributed by atoms with van der Waals surface area (Å²) in [6.45, 7) is 0.163. The van der Waals surface area contributed by atoms with Crippen LogP contribution in [0.25, 0.3) is 0 Å². The van der Waals surface area contributed by atoms with Crippen molar-refractivity contribution in [2.45, 2.75) is 0 Å². The maximum atomic E-state index is 13.8. The van der Waals surface area contributed by atoms with E-state index >= 15 is 0 Å². The number of methoxy groups -OCH3 is 1. The minimum Gasteiger partial charge on any atom is -0.495 e. The van der Waals surface area contributed by atoms with E-state index in [9.17, 15) is 9.18 Å². The van der Waals surface area contributed by atoms with Crippen LogP contribution in [0.5, 0.6) is 5.75 Å². The number of hydrogen-bond donors (Lipinski definition) is 2. The largest absolute Gasteiger partial charge is 0.495 e. The van der Waals surface area contributed by atoms with Crippen LogP contribution < -0.4 is 15.8 Å². The third-order valence-electron chi connectivity index (χ3n) is 2.61. The van der Waals surface area contributed by atoms with Crippen LogP contribution in [0.4, 0.5) is 10.1 Å². The maximum absolute atomic E-state index is 13.8. The molecule has 1 amide bonds. The van der Waals surface area contributed by atoms with Crippen molar-refractivity contribution in [1.29, 1.82) is 0 Å². The van der Waals surface area contributed by atoms with Gasteiger partial charge in [0.15, 0.2) is 0 Å². The summed E-state index contributed by atoms with van der Waals surface area (Å²) in [5, 5.41) is 4.37. The molecule has 1 aromatic heterocycles. The lowest BCUT2D eigenvalue weighted by Gasteiger charge is -2.06. The standard InChI is InChI=1S/C15H13FN2O2S/c1-20-13-6-8-21-14(13)15(19)18-11-5-4-10(3-2-7-17)12(16)9-11/h4-6,8-9H,7,17H2,1H3,(H,18,19). The first-order valence-corrected chi connectivity index (χ1v) is 6.95. The number of amides is 1. The minimum atomic E-state index is -0.508. The molecule has 0 aliphatic carbocycles. The highest BCUT2D eigenvalue weighted by Gasteiger charge is 2.14. The first kappa shape index (κ1) is 15.0. The highest BCUT2D eigenvalue weighted by Crippen LogP contribution is 2.25. The van der Waals surface area contributed by atoms with Crippen molar-refractivity contribution in [3.63, 3.8) is 0 Å². The highest BCUT2D eigenvalue weighted by molar-refractivity contribution is 7.12. The van der Waals surface area contributed by atoms with E-state index in [4.69, 9.17) is 10.5 Å². The molecule has 1 aromatic carbocycles. The molecule has 3 N–H and O–H groups in total. The monoisotopic (exact) mass is 304 g/mol. The fourth-order valence-electron chi connectivity index (χ4n) is 1.65. The topological polar surface area (TPSA) is 64.3 Å². The second-order valence-electron chi connectivity index (χ2n) is 3.97. The lowest BCUT2D eigenvalue weighted by Crippen LogP contribution is -2.11. The van der Waals surface area contributed by atoms with Gasteiger partial charge in [0, 0.05) is 5.69 Å². The van der Waals surface area contributed by atoms with Crippen LogP contribution in [0.2, 0.25) is 0 Å². The minimum absolute atomic E-state index is 0.163. The van der Waals surface area contributed by atoms with Crippen LogP contribution in [-0.2, 0) is 0 Å². The Morgan fingerprint density at radius 2 is 2.29 bits per heavy atom. The van der Waals surface area contributed by atoms with Gasteiger partial charge in [-0.25, -0.2) is 4.39 Å². The number of nitrogens with one attached hydrogen (secondary N) is 1. The third-order valence-corrected chi connectivity index (χ3v) is 3.50. The Kier molecular flexibility index (Phi) is 4.93. The molecule has 0 atom stereocenters. The van der Waals surface area contributed by atoms with E-state index in [0.29, 0.717) is 16.3 Å². The Balaban J connectivity index is 2.17. The molecule has 0 unspecified atom stereocenters. The van der Waals surface area contributed by atoms with Crippen molar-refractivity contribution >= 4 is 22.9 Å². The Hall–Kier alpha value is -2.36. The van der Waals surface area contributed by atoms with Gasteiger partial charge in [0.05, 0.1) is 19.2 Å². The number of benzene rings is 1. The van der Waals surface area contributed by atoms with Gasteiger partial charge in [-0.05, 0) is 29.6 Å². The molecule has 0 saturated heterocycles. The Labute approximate surface area is 125 Å². The zero-order valence-corrected chi connectivity index (χ0v) is 12.1. The molecule has 0 radical (unpaired) electrons. The van der Waals surface area contributed by atoms with E-state index in [1.54, 1.807) is 17.5 Å². The van der Waals surface area contributed by atoms with Gasteiger partial charge in [0.2, 0.25) is 0 Å². The number of nitrogens with two attached hydrogens (primary N) is 1. The van der Waals surface area contributed by atoms with Gasteiger partial charge >= 0.3 is 0 Å². The molecule has 0 saturated carbocycles. The van der Waals surface area contributed by atoms with Crippen molar-refractivity contribution in [1.82, 2.24) is 0 Å². The van der Waals surface area contributed by atoms with Crippen molar-refractivity contribution in [3.8, 4) is 17.6 Å². The maximum Gasteiger partial charge on any atom is 0.269 e. The van der Waals surface area contributed by atoms with E-state index in [1.165, 1.54) is 30.6 Å². The smallest absolute Gasteiger partial charge is 0.269 e.